The summed E-state index contributed by atoms with van der Waals surface area (Å²) in [6.45, 7) is 1.41. The summed E-state index contributed by atoms with van der Waals surface area (Å²) in [5.74, 6) is -3.28. The summed E-state index contributed by atoms with van der Waals surface area (Å²) in [5.41, 5.74) is 3.76. The highest BCUT2D eigenvalue weighted by Crippen LogP contribution is 2.42. The highest BCUT2D eigenvalue weighted by Gasteiger charge is 2.32. The van der Waals surface area contributed by atoms with Crippen LogP contribution in [0.2, 0.25) is 0 Å². The van der Waals surface area contributed by atoms with E-state index in [2.05, 4.69) is 5.32 Å². The second-order valence-corrected chi connectivity index (χ2v) is 7.95. The van der Waals surface area contributed by atoms with E-state index in [1.165, 1.54) is 4.57 Å². The molecule has 1 aliphatic heterocycles. The van der Waals surface area contributed by atoms with Crippen molar-refractivity contribution in [3.63, 3.8) is 0 Å². The van der Waals surface area contributed by atoms with Gasteiger partial charge in [0, 0.05) is 24.0 Å². The largest absolute Gasteiger partial charge is 0.477 e. The Balaban J connectivity index is 2.02. The Hall–Kier alpha value is -2.13. The number of pyridine rings is 1. The van der Waals surface area contributed by atoms with Gasteiger partial charge in [0.05, 0.1) is 21.5 Å². The lowest BCUT2D eigenvalue weighted by atomic mass is 10.1. The van der Waals surface area contributed by atoms with E-state index in [1.807, 2.05) is 0 Å². The predicted molar refractivity (Wildman–Crippen MR) is 94.9 cm³/mol. The SMILES string of the molecule is Nc1c(F)c(SC2CCNC2)c(F)c2c1c(=O)c(C(=O)O)cn2C1CC1. The van der Waals surface area contributed by atoms with Crippen LogP contribution in [0.3, 0.4) is 0 Å². The third kappa shape index (κ3) is 2.66. The summed E-state index contributed by atoms with van der Waals surface area (Å²) < 4.78 is 31.5. The average molecular weight is 381 g/mol. The van der Waals surface area contributed by atoms with Crippen LogP contribution in [0, 0.1) is 11.6 Å². The maximum absolute atomic E-state index is 15.3. The minimum atomic E-state index is -1.44. The number of aromatic nitrogens is 1. The summed E-state index contributed by atoms with van der Waals surface area (Å²) in [6, 6.07) is -0.110. The number of carbonyl (C=O) groups is 1. The molecule has 0 bridgehead atoms. The molecule has 2 aromatic rings. The van der Waals surface area contributed by atoms with Crippen molar-refractivity contribution in [3.05, 3.63) is 33.6 Å². The van der Waals surface area contributed by atoms with Gasteiger partial charge in [-0.1, -0.05) is 0 Å². The number of nitrogens with zero attached hydrogens (tertiary/aromatic N) is 1. The Morgan fingerprint density at radius 3 is 2.62 bits per heavy atom. The van der Waals surface area contributed by atoms with Crippen LogP contribution in [0.4, 0.5) is 14.5 Å². The molecule has 2 aliphatic rings. The van der Waals surface area contributed by atoms with Gasteiger partial charge in [-0.05, 0) is 25.8 Å². The minimum Gasteiger partial charge on any atom is -0.477 e. The summed E-state index contributed by atoms with van der Waals surface area (Å²) in [4.78, 5) is 23.7. The van der Waals surface area contributed by atoms with Crippen molar-refractivity contribution in [2.45, 2.75) is 35.4 Å². The third-order valence-electron chi connectivity index (χ3n) is 4.82. The number of carboxylic acid groups (broad SMARTS) is 1. The molecule has 1 saturated carbocycles. The van der Waals surface area contributed by atoms with E-state index in [-0.39, 0.29) is 27.1 Å². The van der Waals surface area contributed by atoms with Gasteiger partial charge in [0.1, 0.15) is 5.56 Å². The van der Waals surface area contributed by atoms with Crippen LogP contribution >= 0.6 is 11.8 Å². The molecule has 138 valence electrons. The lowest BCUT2D eigenvalue weighted by molar-refractivity contribution is 0.0695. The summed E-state index contributed by atoms with van der Waals surface area (Å²) in [6.07, 6.45) is 3.40. The predicted octanol–water partition coefficient (Wildman–Crippen LogP) is 2.35. The normalized spacial score (nSPS) is 20.0. The first-order valence-corrected chi connectivity index (χ1v) is 9.24. The molecule has 1 aromatic heterocycles. The maximum Gasteiger partial charge on any atom is 0.341 e. The number of aromatic carboxylic acids is 1. The zero-order chi connectivity index (χ0) is 18.6. The third-order valence-corrected chi connectivity index (χ3v) is 6.15. The van der Waals surface area contributed by atoms with E-state index < -0.39 is 34.3 Å². The van der Waals surface area contributed by atoms with Crippen molar-refractivity contribution in [2.24, 2.45) is 0 Å². The van der Waals surface area contributed by atoms with E-state index in [9.17, 15) is 19.1 Å². The van der Waals surface area contributed by atoms with E-state index >= 15 is 4.39 Å². The molecule has 6 nitrogen and oxygen atoms in total. The molecular weight excluding hydrogens is 364 g/mol. The molecule has 1 saturated heterocycles. The molecule has 9 heteroatoms. The van der Waals surface area contributed by atoms with Gasteiger partial charge in [-0.2, -0.15) is 0 Å². The molecular formula is C17H17F2N3O3S. The molecule has 0 amide bonds. The van der Waals surface area contributed by atoms with Gasteiger partial charge in [0.25, 0.3) is 0 Å². The summed E-state index contributed by atoms with van der Waals surface area (Å²) in [7, 11) is 0. The number of fused-ring (bicyclic) bond motifs is 1. The second kappa shape index (κ2) is 6.24. The number of rotatable bonds is 4. The van der Waals surface area contributed by atoms with Crippen molar-refractivity contribution in [1.82, 2.24) is 9.88 Å². The molecule has 1 aliphatic carbocycles. The number of thioether (sulfide) groups is 1. The number of hydrogen-bond donors (Lipinski definition) is 3. The summed E-state index contributed by atoms with van der Waals surface area (Å²) >= 11 is 1.07. The van der Waals surface area contributed by atoms with E-state index in [1.54, 1.807) is 0 Å². The van der Waals surface area contributed by atoms with Gasteiger partial charge in [-0.3, -0.25) is 4.79 Å². The smallest absolute Gasteiger partial charge is 0.341 e. The van der Waals surface area contributed by atoms with Crippen LogP contribution in [0.5, 0.6) is 0 Å². The number of nitrogens with two attached hydrogens (primary N) is 1. The first-order chi connectivity index (χ1) is 12.4. The fourth-order valence-electron chi connectivity index (χ4n) is 3.33. The number of benzene rings is 1. The topological polar surface area (TPSA) is 97.3 Å². The fraction of sp³-hybridized carbons (Fsp3) is 0.412. The molecule has 1 atom stereocenters. The molecule has 1 unspecified atom stereocenters. The first-order valence-electron chi connectivity index (χ1n) is 8.36. The van der Waals surface area contributed by atoms with E-state index in [0.717, 1.165) is 43.8 Å². The Kier molecular flexibility index (Phi) is 4.15. The number of nitrogen functional groups attached to an aromatic ring is 1. The zero-order valence-electron chi connectivity index (χ0n) is 13.7. The van der Waals surface area contributed by atoms with Crippen LogP contribution in [-0.2, 0) is 0 Å². The molecule has 0 radical (unpaired) electrons. The average Bonchev–Trinajstić information content (AvgIpc) is 3.32. The number of hydrogen-bond acceptors (Lipinski definition) is 5. The highest BCUT2D eigenvalue weighted by atomic mass is 32.2. The molecule has 26 heavy (non-hydrogen) atoms. The monoisotopic (exact) mass is 381 g/mol. The standard InChI is InChI=1S/C17H17F2N3O3S/c18-11-13(20)10-14(12(19)16(11)26-8-3-4-21-5-8)22(7-1-2-7)6-9(15(10)23)17(24)25/h6-8,21H,1-5,20H2,(H,24,25). The van der Waals surface area contributed by atoms with Gasteiger partial charge >= 0.3 is 5.97 Å². The minimum absolute atomic E-state index is 0.00948. The van der Waals surface area contributed by atoms with Crippen LogP contribution in [0.25, 0.3) is 10.9 Å². The lowest BCUT2D eigenvalue weighted by Gasteiger charge is -2.18. The molecule has 0 spiro atoms. The highest BCUT2D eigenvalue weighted by molar-refractivity contribution is 8.00. The first kappa shape index (κ1) is 17.3. The van der Waals surface area contributed by atoms with Crippen molar-refractivity contribution in [1.29, 1.82) is 0 Å². The van der Waals surface area contributed by atoms with Gasteiger partial charge in [-0.25, -0.2) is 13.6 Å². The van der Waals surface area contributed by atoms with Crippen molar-refractivity contribution >= 4 is 34.3 Å². The Morgan fingerprint density at radius 2 is 2.04 bits per heavy atom. The molecule has 2 heterocycles. The fourth-order valence-corrected chi connectivity index (χ4v) is 4.52. The zero-order valence-corrected chi connectivity index (χ0v) is 14.5. The maximum atomic E-state index is 15.3. The van der Waals surface area contributed by atoms with Gasteiger partial charge in [0.15, 0.2) is 11.6 Å². The van der Waals surface area contributed by atoms with Crippen LogP contribution in [-0.4, -0.2) is 34.0 Å². The number of nitrogens with one attached hydrogen (secondary N) is 1. The summed E-state index contributed by atoms with van der Waals surface area (Å²) in [5, 5.41) is 12.0. The van der Waals surface area contributed by atoms with Crippen molar-refractivity contribution in [2.75, 3.05) is 18.8 Å². The molecule has 4 N–H and O–H groups in total. The number of anilines is 1. The van der Waals surface area contributed by atoms with E-state index in [4.69, 9.17) is 5.73 Å². The Bertz CT molecular complexity index is 982. The van der Waals surface area contributed by atoms with Crippen LogP contribution < -0.4 is 16.5 Å². The Labute approximate surface area is 151 Å². The van der Waals surface area contributed by atoms with Crippen LogP contribution in [0.15, 0.2) is 15.9 Å². The number of carboxylic acids is 1. The van der Waals surface area contributed by atoms with Gasteiger partial charge in [0.2, 0.25) is 5.43 Å². The van der Waals surface area contributed by atoms with Crippen LogP contribution in [0.1, 0.15) is 35.7 Å². The molecule has 2 fully saturated rings. The van der Waals surface area contributed by atoms with Crippen molar-refractivity contribution in [3.8, 4) is 0 Å². The molecule has 1 aromatic carbocycles. The Morgan fingerprint density at radius 1 is 1.31 bits per heavy atom. The van der Waals surface area contributed by atoms with Gasteiger partial charge < -0.3 is 20.7 Å². The molecule has 4 rings (SSSR count). The van der Waals surface area contributed by atoms with Gasteiger partial charge in [-0.15, -0.1) is 11.8 Å². The van der Waals surface area contributed by atoms with Crippen molar-refractivity contribution < 1.29 is 18.7 Å². The van der Waals surface area contributed by atoms with E-state index in [0.29, 0.717) is 6.54 Å². The second-order valence-electron chi connectivity index (χ2n) is 6.64. The quantitative estimate of drug-likeness (QED) is 0.704. The number of halogens is 2. The lowest BCUT2D eigenvalue weighted by Crippen LogP contribution is -2.21.